The van der Waals surface area contributed by atoms with Crippen LogP contribution in [0.1, 0.15) is 32.1 Å². The van der Waals surface area contributed by atoms with Crippen LogP contribution in [-0.2, 0) is 19.3 Å². The van der Waals surface area contributed by atoms with Crippen molar-refractivity contribution in [2.45, 2.75) is 44.0 Å². The molecule has 4 nitrogen and oxygen atoms in total. The first-order valence-electron chi connectivity index (χ1n) is 5.49. The largest absolute Gasteiger partial charge is 0.347 e. The molecule has 1 saturated carbocycles. The van der Waals surface area contributed by atoms with Gasteiger partial charge in [-0.25, -0.2) is 8.42 Å². The van der Waals surface area contributed by atoms with Gasteiger partial charge in [-0.05, 0) is 12.8 Å². The molecule has 1 atom stereocenters. The second-order valence-electron chi connectivity index (χ2n) is 4.61. The smallest absolute Gasteiger partial charge is 0.168 e. The lowest BCUT2D eigenvalue weighted by Gasteiger charge is -2.31. The van der Waals surface area contributed by atoms with E-state index in [0.29, 0.717) is 6.61 Å². The van der Waals surface area contributed by atoms with Crippen LogP contribution >= 0.6 is 0 Å². The van der Waals surface area contributed by atoms with E-state index in [1.54, 1.807) is 0 Å². The van der Waals surface area contributed by atoms with Crippen LogP contribution in [0.25, 0.3) is 0 Å². The average Bonchev–Trinajstić information content (AvgIpc) is 2.47. The van der Waals surface area contributed by atoms with Gasteiger partial charge in [0.1, 0.15) is 9.84 Å². The van der Waals surface area contributed by atoms with Crippen LogP contribution in [0, 0.1) is 0 Å². The molecule has 88 valence electrons. The molecular formula is C10H18O4S. The van der Waals surface area contributed by atoms with Crippen molar-refractivity contribution in [3.63, 3.8) is 0 Å². The van der Waals surface area contributed by atoms with Gasteiger partial charge in [0.05, 0.1) is 18.5 Å². The molecule has 1 aliphatic heterocycles. The van der Waals surface area contributed by atoms with Gasteiger partial charge in [0, 0.05) is 19.1 Å². The van der Waals surface area contributed by atoms with Crippen molar-refractivity contribution in [2.24, 2.45) is 0 Å². The highest BCUT2D eigenvalue weighted by Crippen LogP contribution is 2.37. The van der Waals surface area contributed by atoms with Crippen molar-refractivity contribution in [3.05, 3.63) is 0 Å². The van der Waals surface area contributed by atoms with Gasteiger partial charge in [-0.15, -0.1) is 0 Å². The summed E-state index contributed by atoms with van der Waals surface area (Å²) in [5.74, 6) is -0.373. The maximum Gasteiger partial charge on any atom is 0.168 e. The van der Waals surface area contributed by atoms with Crippen molar-refractivity contribution in [3.8, 4) is 0 Å². The molecule has 2 aliphatic rings. The first-order valence-corrected chi connectivity index (χ1v) is 7.55. The molecule has 1 heterocycles. The van der Waals surface area contributed by atoms with Crippen LogP contribution in [0.5, 0.6) is 0 Å². The van der Waals surface area contributed by atoms with Gasteiger partial charge >= 0.3 is 0 Å². The minimum atomic E-state index is -2.97. The molecule has 0 aromatic heterocycles. The Morgan fingerprint density at radius 2 is 1.93 bits per heavy atom. The molecule has 0 radical (unpaired) electrons. The van der Waals surface area contributed by atoms with E-state index in [9.17, 15) is 8.42 Å². The molecule has 0 aromatic carbocycles. The van der Waals surface area contributed by atoms with Crippen molar-refractivity contribution >= 4 is 9.84 Å². The number of hydrogen-bond donors (Lipinski definition) is 0. The normalized spacial score (nSPS) is 30.9. The lowest BCUT2D eigenvalue weighted by molar-refractivity contribution is -0.185. The van der Waals surface area contributed by atoms with Crippen molar-refractivity contribution in [1.82, 2.24) is 0 Å². The highest BCUT2D eigenvalue weighted by molar-refractivity contribution is 7.90. The standard InChI is InChI=1S/C10H18O4S/c1-15(11,12)8-9-7-13-10(14-9)5-3-2-4-6-10/h9H,2-8H2,1H3. The van der Waals surface area contributed by atoms with Crippen molar-refractivity contribution in [1.29, 1.82) is 0 Å². The summed E-state index contributed by atoms with van der Waals surface area (Å²) in [4.78, 5) is 0. The highest BCUT2D eigenvalue weighted by Gasteiger charge is 2.42. The number of rotatable bonds is 2. The van der Waals surface area contributed by atoms with E-state index in [4.69, 9.17) is 9.47 Å². The Kier molecular flexibility index (Phi) is 3.05. The number of sulfone groups is 1. The van der Waals surface area contributed by atoms with Gasteiger partial charge in [0.25, 0.3) is 0 Å². The maximum absolute atomic E-state index is 11.1. The molecule has 1 unspecified atom stereocenters. The highest BCUT2D eigenvalue weighted by atomic mass is 32.2. The first-order chi connectivity index (χ1) is 6.99. The number of ether oxygens (including phenoxy) is 2. The minimum Gasteiger partial charge on any atom is -0.347 e. The van der Waals surface area contributed by atoms with E-state index < -0.39 is 15.6 Å². The van der Waals surface area contributed by atoms with Crippen molar-refractivity contribution in [2.75, 3.05) is 18.6 Å². The molecule has 0 N–H and O–H groups in total. The first kappa shape index (κ1) is 11.4. The van der Waals surface area contributed by atoms with Crippen LogP contribution in [0.3, 0.4) is 0 Å². The molecule has 1 saturated heterocycles. The van der Waals surface area contributed by atoms with Crippen LogP contribution in [-0.4, -0.2) is 38.9 Å². The summed E-state index contributed by atoms with van der Waals surface area (Å²) >= 11 is 0. The van der Waals surface area contributed by atoms with Crippen LogP contribution in [0.15, 0.2) is 0 Å². The Morgan fingerprint density at radius 3 is 2.53 bits per heavy atom. The van der Waals surface area contributed by atoms with Crippen LogP contribution in [0.4, 0.5) is 0 Å². The predicted octanol–water partition coefficient (Wildman–Crippen LogP) is 1.11. The average molecular weight is 234 g/mol. The van der Waals surface area contributed by atoms with E-state index in [2.05, 4.69) is 0 Å². The second kappa shape index (κ2) is 4.03. The lowest BCUT2D eigenvalue weighted by Crippen LogP contribution is -2.34. The fraction of sp³-hybridized carbons (Fsp3) is 1.00. The van der Waals surface area contributed by atoms with Crippen molar-refractivity contribution < 1.29 is 17.9 Å². The van der Waals surface area contributed by atoms with E-state index in [-0.39, 0.29) is 11.9 Å². The zero-order chi connectivity index (χ0) is 10.9. The Hall–Kier alpha value is -0.130. The van der Waals surface area contributed by atoms with E-state index in [0.717, 1.165) is 25.7 Å². The van der Waals surface area contributed by atoms with Gasteiger partial charge in [-0.3, -0.25) is 0 Å². The van der Waals surface area contributed by atoms with Gasteiger partial charge < -0.3 is 9.47 Å². The van der Waals surface area contributed by atoms with Crippen LogP contribution in [0.2, 0.25) is 0 Å². The third-order valence-electron chi connectivity index (χ3n) is 3.02. The summed E-state index contributed by atoms with van der Waals surface area (Å²) in [6.07, 6.45) is 6.25. The topological polar surface area (TPSA) is 52.6 Å². The third-order valence-corrected chi connectivity index (χ3v) is 4.00. The van der Waals surface area contributed by atoms with E-state index >= 15 is 0 Å². The Balaban J connectivity index is 1.93. The van der Waals surface area contributed by atoms with Gasteiger partial charge in [-0.1, -0.05) is 6.42 Å². The molecule has 2 rings (SSSR count). The molecule has 2 fully saturated rings. The van der Waals surface area contributed by atoms with E-state index in [1.807, 2.05) is 0 Å². The maximum atomic E-state index is 11.1. The monoisotopic (exact) mass is 234 g/mol. The Labute approximate surface area is 90.9 Å². The van der Waals surface area contributed by atoms with Gasteiger partial charge in [0.2, 0.25) is 0 Å². The fourth-order valence-electron chi connectivity index (χ4n) is 2.39. The molecule has 1 spiro atoms. The Bertz CT molecular complexity index is 316. The second-order valence-corrected chi connectivity index (χ2v) is 6.80. The Morgan fingerprint density at radius 1 is 1.27 bits per heavy atom. The molecule has 0 bridgehead atoms. The molecule has 1 aliphatic carbocycles. The number of hydrogen-bond acceptors (Lipinski definition) is 4. The SMILES string of the molecule is CS(=O)(=O)CC1COC2(CCCCC2)O1. The zero-order valence-electron chi connectivity index (χ0n) is 9.07. The molecule has 0 aromatic rings. The van der Waals surface area contributed by atoms with Crippen LogP contribution < -0.4 is 0 Å². The molecule has 0 amide bonds. The third kappa shape index (κ3) is 2.92. The lowest BCUT2D eigenvalue weighted by atomic mass is 9.94. The summed E-state index contributed by atoms with van der Waals surface area (Å²) in [5, 5.41) is 0. The molecule has 5 heteroatoms. The summed E-state index contributed by atoms with van der Waals surface area (Å²) in [6, 6.07) is 0. The zero-order valence-corrected chi connectivity index (χ0v) is 9.88. The summed E-state index contributed by atoms with van der Waals surface area (Å²) < 4.78 is 33.7. The summed E-state index contributed by atoms with van der Waals surface area (Å²) in [6.45, 7) is 0.424. The fourth-order valence-corrected chi connectivity index (χ4v) is 3.23. The molecular weight excluding hydrogens is 216 g/mol. The molecule has 15 heavy (non-hydrogen) atoms. The minimum absolute atomic E-state index is 0.0781. The van der Waals surface area contributed by atoms with Gasteiger partial charge in [-0.2, -0.15) is 0 Å². The summed E-state index contributed by atoms with van der Waals surface area (Å²) in [7, 11) is -2.97. The quantitative estimate of drug-likeness (QED) is 0.718. The summed E-state index contributed by atoms with van der Waals surface area (Å²) in [5.41, 5.74) is 0. The van der Waals surface area contributed by atoms with Gasteiger partial charge in [0.15, 0.2) is 5.79 Å². The predicted molar refractivity (Wildman–Crippen MR) is 56.4 cm³/mol. The van der Waals surface area contributed by atoms with E-state index in [1.165, 1.54) is 12.7 Å².